The van der Waals surface area contributed by atoms with E-state index in [2.05, 4.69) is 5.32 Å². The number of nitrogens with one attached hydrogen (secondary N) is 1. The molecule has 4 atom stereocenters. The van der Waals surface area contributed by atoms with E-state index in [-0.39, 0.29) is 24.5 Å². The molecule has 1 rings (SSSR count). The van der Waals surface area contributed by atoms with Crippen molar-refractivity contribution in [2.75, 3.05) is 6.61 Å². The number of aliphatic hydroxyl groups excluding tert-OH is 2. The number of carbonyl (C=O) groups is 2. The Hall–Kier alpha value is -1.44. The molecule has 0 aromatic rings. The molecule has 20 heavy (non-hydrogen) atoms. The fourth-order valence-electron chi connectivity index (χ4n) is 2.03. The van der Waals surface area contributed by atoms with E-state index in [1.54, 1.807) is 6.92 Å². The predicted molar refractivity (Wildman–Crippen MR) is 70.0 cm³/mol. The lowest BCUT2D eigenvalue weighted by atomic mass is 9.90. The summed E-state index contributed by atoms with van der Waals surface area (Å²) in [5.74, 6) is -1.47. The van der Waals surface area contributed by atoms with Gasteiger partial charge in [-0.3, -0.25) is 4.79 Å². The molecule has 7 heteroatoms. The zero-order valence-corrected chi connectivity index (χ0v) is 11.6. The van der Waals surface area contributed by atoms with Gasteiger partial charge in [0, 0.05) is 18.9 Å². The maximum absolute atomic E-state index is 11.1. The van der Waals surface area contributed by atoms with Gasteiger partial charge >= 0.3 is 5.97 Å². The van der Waals surface area contributed by atoms with E-state index < -0.39 is 30.3 Å². The Morgan fingerprint density at radius 1 is 1.55 bits per heavy atom. The molecule has 0 aliphatic heterocycles. The molecule has 7 nitrogen and oxygen atoms in total. The summed E-state index contributed by atoms with van der Waals surface area (Å²) in [6, 6.07) is -0.723. The maximum atomic E-state index is 11.1. The topological polar surface area (TPSA) is 116 Å². The van der Waals surface area contributed by atoms with Crippen LogP contribution >= 0.6 is 0 Å². The number of hydrogen-bond donors (Lipinski definition) is 4. The fraction of sp³-hybridized carbons (Fsp3) is 0.692. The normalized spacial score (nSPS) is 27.6. The van der Waals surface area contributed by atoms with Crippen LogP contribution in [0, 0.1) is 0 Å². The average molecular weight is 287 g/mol. The van der Waals surface area contributed by atoms with Crippen LogP contribution in [0.3, 0.4) is 0 Å². The molecule has 0 heterocycles. The largest absolute Gasteiger partial charge is 0.478 e. The van der Waals surface area contributed by atoms with Gasteiger partial charge in [-0.2, -0.15) is 0 Å². The second-order valence-corrected chi connectivity index (χ2v) is 4.85. The third-order valence-corrected chi connectivity index (χ3v) is 3.18. The average Bonchev–Trinajstić information content (AvgIpc) is 2.38. The molecule has 0 fully saturated rings. The Balaban J connectivity index is 2.81. The minimum atomic E-state index is -1.14. The van der Waals surface area contributed by atoms with Crippen LogP contribution in [-0.4, -0.2) is 58.2 Å². The Labute approximate surface area is 117 Å². The van der Waals surface area contributed by atoms with Gasteiger partial charge in [-0.1, -0.05) is 6.92 Å². The Bertz CT molecular complexity index is 394. The lowest BCUT2D eigenvalue weighted by molar-refractivity contribution is -0.134. The summed E-state index contributed by atoms with van der Waals surface area (Å²) in [7, 11) is 0. The maximum Gasteiger partial charge on any atom is 0.331 e. The van der Waals surface area contributed by atoms with Crippen LogP contribution in [0.25, 0.3) is 0 Å². The number of carbonyl (C=O) groups excluding carboxylic acids is 1. The molecule has 0 radical (unpaired) electrons. The van der Waals surface area contributed by atoms with Crippen LogP contribution in [0.2, 0.25) is 0 Å². The second-order valence-electron chi connectivity index (χ2n) is 4.85. The van der Waals surface area contributed by atoms with E-state index in [1.165, 1.54) is 13.0 Å². The number of carboxylic acids is 1. The highest BCUT2D eigenvalue weighted by Gasteiger charge is 2.35. The van der Waals surface area contributed by atoms with E-state index in [9.17, 15) is 19.8 Å². The van der Waals surface area contributed by atoms with Gasteiger partial charge in [-0.05, 0) is 12.5 Å². The highest BCUT2D eigenvalue weighted by Crippen LogP contribution is 2.23. The van der Waals surface area contributed by atoms with Gasteiger partial charge in [-0.15, -0.1) is 0 Å². The Morgan fingerprint density at radius 3 is 2.70 bits per heavy atom. The van der Waals surface area contributed by atoms with Crippen LogP contribution in [0.1, 0.15) is 26.7 Å². The van der Waals surface area contributed by atoms with Gasteiger partial charge in [0.15, 0.2) is 0 Å². The van der Waals surface area contributed by atoms with Crippen molar-refractivity contribution in [3.05, 3.63) is 11.6 Å². The molecule has 0 aromatic heterocycles. The van der Waals surface area contributed by atoms with Gasteiger partial charge in [0.2, 0.25) is 5.91 Å². The van der Waals surface area contributed by atoms with Crippen LogP contribution in [0.5, 0.6) is 0 Å². The van der Waals surface area contributed by atoms with Crippen LogP contribution in [0.15, 0.2) is 11.6 Å². The van der Waals surface area contributed by atoms with Crippen molar-refractivity contribution < 1.29 is 29.6 Å². The number of aliphatic carboxylic acids is 1. The molecular formula is C13H21NO6. The zero-order valence-electron chi connectivity index (χ0n) is 11.6. The van der Waals surface area contributed by atoms with Crippen molar-refractivity contribution in [1.29, 1.82) is 0 Å². The van der Waals surface area contributed by atoms with E-state index in [0.717, 1.165) is 0 Å². The van der Waals surface area contributed by atoms with Crippen LogP contribution in [0.4, 0.5) is 0 Å². The van der Waals surface area contributed by atoms with Gasteiger partial charge in [-0.25, -0.2) is 4.79 Å². The highest BCUT2D eigenvalue weighted by atomic mass is 16.5. The molecule has 0 saturated heterocycles. The molecule has 1 amide bonds. The molecule has 1 aliphatic carbocycles. The number of aliphatic hydroxyl groups is 2. The molecule has 0 bridgehead atoms. The van der Waals surface area contributed by atoms with Gasteiger partial charge in [0.1, 0.15) is 0 Å². The highest BCUT2D eigenvalue weighted by molar-refractivity contribution is 5.87. The fourth-order valence-corrected chi connectivity index (χ4v) is 2.03. The summed E-state index contributed by atoms with van der Waals surface area (Å²) >= 11 is 0. The summed E-state index contributed by atoms with van der Waals surface area (Å²) in [5.41, 5.74) is 0.0371. The molecule has 4 N–H and O–H groups in total. The molecule has 0 saturated carbocycles. The van der Waals surface area contributed by atoms with Crippen molar-refractivity contribution in [2.45, 2.75) is 51.0 Å². The molecule has 114 valence electrons. The number of ether oxygens (including phenoxy) is 1. The first-order valence-corrected chi connectivity index (χ1v) is 6.54. The first kappa shape index (κ1) is 16.6. The Morgan fingerprint density at radius 2 is 2.20 bits per heavy atom. The summed E-state index contributed by atoms with van der Waals surface area (Å²) in [6.45, 7) is 3.12. The van der Waals surface area contributed by atoms with Crippen LogP contribution in [-0.2, 0) is 14.3 Å². The molecule has 1 unspecified atom stereocenters. The van der Waals surface area contributed by atoms with Crippen molar-refractivity contribution >= 4 is 11.9 Å². The van der Waals surface area contributed by atoms with Gasteiger partial charge in [0.25, 0.3) is 0 Å². The lowest BCUT2D eigenvalue weighted by Crippen LogP contribution is -2.53. The van der Waals surface area contributed by atoms with E-state index >= 15 is 0 Å². The van der Waals surface area contributed by atoms with Crippen molar-refractivity contribution in [3.8, 4) is 0 Å². The predicted octanol–water partition coefficient (Wildman–Crippen LogP) is -0.577. The third kappa shape index (κ3) is 4.59. The van der Waals surface area contributed by atoms with E-state index in [0.29, 0.717) is 6.42 Å². The monoisotopic (exact) mass is 287 g/mol. The molecule has 0 spiro atoms. The number of rotatable bonds is 6. The summed E-state index contributed by atoms with van der Waals surface area (Å²) in [5, 5.41) is 31.0. The van der Waals surface area contributed by atoms with E-state index in [4.69, 9.17) is 9.84 Å². The Kier molecular flexibility index (Phi) is 6.12. The minimum Gasteiger partial charge on any atom is -0.478 e. The first-order chi connectivity index (χ1) is 9.35. The lowest BCUT2D eigenvalue weighted by Gasteiger charge is -2.34. The summed E-state index contributed by atoms with van der Waals surface area (Å²) in [4.78, 5) is 22.1. The van der Waals surface area contributed by atoms with Crippen molar-refractivity contribution in [2.24, 2.45) is 0 Å². The summed E-state index contributed by atoms with van der Waals surface area (Å²) in [6.07, 6.45) is -0.716. The molecular weight excluding hydrogens is 266 g/mol. The SMILES string of the molecule is CCC(O)CO[C@@H]1CC(C(=O)O)=C[C@H](O)[C@H]1NC(C)=O. The van der Waals surface area contributed by atoms with Crippen molar-refractivity contribution in [1.82, 2.24) is 5.32 Å². The minimum absolute atomic E-state index is 0.0247. The van der Waals surface area contributed by atoms with Crippen molar-refractivity contribution in [3.63, 3.8) is 0 Å². The number of amides is 1. The van der Waals surface area contributed by atoms with E-state index in [1.807, 2.05) is 0 Å². The number of hydrogen-bond acceptors (Lipinski definition) is 5. The summed E-state index contributed by atoms with van der Waals surface area (Å²) < 4.78 is 5.47. The zero-order chi connectivity index (χ0) is 15.3. The van der Waals surface area contributed by atoms with Crippen LogP contribution < -0.4 is 5.32 Å². The molecule has 1 aliphatic rings. The smallest absolute Gasteiger partial charge is 0.331 e. The standard InChI is InChI=1S/C13H21NO6/c1-3-9(16)6-20-11-5-8(13(18)19)4-10(17)12(11)14-7(2)15/h4,9-12,16-17H,3,5-6H2,1-2H3,(H,14,15)(H,18,19)/t9?,10-,11+,12+/m0/s1. The molecule has 0 aromatic carbocycles. The van der Waals surface area contributed by atoms with Gasteiger partial charge < -0.3 is 25.4 Å². The first-order valence-electron chi connectivity index (χ1n) is 6.54. The quantitative estimate of drug-likeness (QED) is 0.519. The van der Waals surface area contributed by atoms with Gasteiger partial charge in [0.05, 0.1) is 31.0 Å². The second kappa shape index (κ2) is 7.37. The third-order valence-electron chi connectivity index (χ3n) is 3.18. The number of carboxylic acid groups (broad SMARTS) is 1.